The fourth-order valence-corrected chi connectivity index (χ4v) is 3.91. The van der Waals surface area contributed by atoms with Crippen LogP contribution < -0.4 is 4.74 Å². The zero-order valence-electron chi connectivity index (χ0n) is 18.4. The van der Waals surface area contributed by atoms with Crippen LogP contribution in [0.4, 0.5) is 0 Å². The maximum atomic E-state index is 6.31. The molecule has 0 saturated heterocycles. The van der Waals surface area contributed by atoms with Crippen LogP contribution in [-0.4, -0.2) is 17.4 Å². The molecule has 3 aromatic carbocycles. The molecular formula is C27H25ClN2O2. The Morgan fingerprint density at radius 2 is 1.69 bits per heavy atom. The molecule has 4 rings (SSSR count). The van der Waals surface area contributed by atoms with E-state index in [1.54, 1.807) is 7.11 Å². The number of aromatic nitrogens is 1. The molecule has 0 aliphatic carbocycles. The zero-order chi connectivity index (χ0) is 22.5. The summed E-state index contributed by atoms with van der Waals surface area (Å²) in [5.41, 5.74) is 7.07. The van der Waals surface area contributed by atoms with Crippen molar-refractivity contribution in [2.24, 2.45) is 5.16 Å². The van der Waals surface area contributed by atoms with Gasteiger partial charge < -0.3 is 14.1 Å². The van der Waals surface area contributed by atoms with Gasteiger partial charge in [0.15, 0.2) is 0 Å². The second-order valence-corrected chi connectivity index (χ2v) is 7.94. The van der Waals surface area contributed by atoms with E-state index in [0.717, 1.165) is 45.2 Å². The highest BCUT2D eigenvalue weighted by Gasteiger charge is 2.17. The van der Waals surface area contributed by atoms with Gasteiger partial charge in [0.05, 0.1) is 18.5 Å². The minimum Gasteiger partial charge on any atom is -0.497 e. The third kappa shape index (κ3) is 4.71. The zero-order valence-corrected chi connectivity index (χ0v) is 19.1. The van der Waals surface area contributed by atoms with E-state index in [2.05, 4.69) is 34.8 Å². The van der Waals surface area contributed by atoms with Gasteiger partial charge in [-0.2, -0.15) is 0 Å². The van der Waals surface area contributed by atoms with Crippen LogP contribution >= 0.6 is 11.6 Å². The van der Waals surface area contributed by atoms with E-state index in [4.69, 9.17) is 21.2 Å². The number of ether oxygens (including phenoxy) is 1. The molecule has 0 fully saturated rings. The standard InChI is InChI=1S/C27H25ClN2O2/c1-19(29-32-18-21-8-5-4-6-9-21)26-17-27(22-12-14-25(31-3)15-13-22)30(20(26)2)24-11-7-10-23(28)16-24/h4-17H,18H2,1-3H3/b29-19-. The average molecular weight is 445 g/mol. The number of halogens is 1. The number of benzene rings is 3. The maximum absolute atomic E-state index is 6.31. The quantitative estimate of drug-likeness (QED) is 0.226. The van der Waals surface area contributed by atoms with Gasteiger partial charge in [0.1, 0.15) is 12.4 Å². The van der Waals surface area contributed by atoms with Crippen LogP contribution in [0.5, 0.6) is 5.75 Å². The lowest BCUT2D eigenvalue weighted by atomic mass is 10.1. The summed E-state index contributed by atoms with van der Waals surface area (Å²) >= 11 is 6.31. The van der Waals surface area contributed by atoms with Gasteiger partial charge in [0.25, 0.3) is 0 Å². The summed E-state index contributed by atoms with van der Waals surface area (Å²) in [4.78, 5) is 5.64. The molecule has 0 N–H and O–H groups in total. The van der Waals surface area contributed by atoms with Crippen molar-refractivity contribution in [2.45, 2.75) is 20.5 Å². The molecule has 1 aromatic heterocycles. The largest absolute Gasteiger partial charge is 0.497 e. The summed E-state index contributed by atoms with van der Waals surface area (Å²) in [6.45, 7) is 4.48. The third-order valence-corrected chi connectivity index (χ3v) is 5.60. The van der Waals surface area contributed by atoms with Crippen molar-refractivity contribution >= 4 is 17.3 Å². The third-order valence-electron chi connectivity index (χ3n) is 5.36. The van der Waals surface area contributed by atoms with Gasteiger partial charge >= 0.3 is 0 Å². The molecular weight excluding hydrogens is 420 g/mol. The molecule has 0 radical (unpaired) electrons. The maximum Gasteiger partial charge on any atom is 0.142 e. The Labute approximate surface area is 193 Å². The van der Waals surface area contributed by atoms with Gasteiger partial charge in [0.2, 0.25) is 0 Å². The predicted molar refractivity (Wildman–Crippen MR) is 131 cm³/mol. The Kier molecular flexibility index (Phi) is 6.62. The molecule has 0 amide bonds. The SMILES string of the molecule is COc1ccc(-c2cc(/C(C)=N\OCc3ccccc3)c(C)n2-c2cccc(Cl)c2)cc1. The molecule has 0 aliphatic heterocycles. The molecule has 32 heavy (non-hydrogen) atoms. The summed E-state index contributed by atoms with van der Waals surface area (Å²) in [7, 11) is 1.67. The van der Waals surface area contributed by atoms with Gasteiger partial charge in [0, 0.05) is 22.0 Å². The lowest BCUT2D eigenvalue weighted by Gasteiger charge is -2.13. The minimum absolute atomic E-state index is 0.428. The topological polar surface area (TPSA) is 35.8 Å². The van der Waals surface area contributed by atoms with Gasteiger partial charge in [-0.15, -0.1) is 0 Å². The fourth-order valence-electron chi connectivity index (χ4n) is 3.72. The Bertz CT molecular complexity index is 1230. The van der Waals surface area contributed by atoms with Gasteiger partial charge in [-0.05, 0) is 73.5 Å². The fraction of sp³-hybridized carbons (Fsp3) is 0.148. The highest BCUT2D eigenvalue weighted by Crippen LogP contribution is 2.32. The number of hydrogen-bond acceptors (Lipinski definition) is 3. The van der Waals surface area contributed by atoms with Crippen molar-refractivity contribution in [3.05, 3.63) is 107 Å². The monoisotopic (exact) mass is 444 g/mol. The van der Waals surface area contributed by atoms with Crippen LogP contribution in [0.15, 0.2) is 90.1 Å². The summed E-state index contributed by atoms with van der Waals surface area (Å²) in [6, 6.07) is 28.0. The van der Waals surface area contributed by atoms with E-state index in [1.807, 2.05) is 73.7 Å². The minimum atomic E-state index is 0.428. The smallest absolute Gasteiger partial charge is 0.142 e. The van der Waals surface area contributed by atoms with Gasteiger partial charge in [-0.25, -0.2) is 0 Å². The predicted octanol–water partition coefficient (Wildman–Crippen LogP) is 7.06. The molecule has 0 saturated carbocycles. The lowest BCUT2D eigenvalue weighted by Crippen LogP contribution is -2.02. The van der Waals surface area contributed by atoms with Crippen LogP contribution in [0, 0.1) is 6.92 Å². The normalized spacial score (nSPS) is 11.4. The first-order valence-electron chi connectivity index (χ1n) is 10.4. The molecule has 0 bridgehead atoms. The Hall–Kier alpha value is -3.50. The van der Waals surface area contributed by atoms with Crippen LogP contribution in [0.2, 0.25) is 5.02 Å². The van der Waals surface area contributed by atoms with Gasteiger partial charge in [-0.1, -0.05) is 53.2 Å². The lowest BCUT2D eigenvalue weighted by molar-refractivity contribution is 0.130. The first kappa shape index (κ1) is 21.7. The Balaban J connectivity index is 1.73. The number of methoxy groups -OCH3 is 1. The Morgan fingerprint density at radius 3 is 2.38 bits per heavy atom. The van der Waals surface area contributed by atoms with Crippen molar-refractivity contribution in [2.75, 3.05) is 7.11 Å². The highest BCUT2D eigenvalue weighted by atomic mass is 35.5. The molecule has 162 valence electrons. The van der Waals surface area contributed by atoms with E-state index in [1.165, 1.54) is 0 Å². The van der Waals surface area contributed by atoms with Crippen molar-refractivity contribution in [3.63, 3.8) is 0 Å². The summed E-state index contributed by atoms with van der Waals surface area (Å²) in [5.74, 6) is 0.818. The summed E-state index contributed by atoms with van der Waals surface area (Å²) < 4.78 is 7.52. The van der Waals surface area contributed by atoms with Crippen LogP contribution in [0.3, 0.4) is 0 Å². The molecule has 0 spiro atoms. The number of nitrogens with zero attached hydrogens (tertiary/aromatic N) is 2. The van der Waals surface area contributed by atoms with Crippen LogP contribution in [0.25, 0.3) is 16.9 Å². The molecule has 0 aliphatic rings. The van der Waals surface area contributed by atoms with E-state index < -0.39 is 0 Å². The van der Waals surface area contributed by atoms with Crippen LogP contribution in [0.1, 0.15) is 23.7 Å². The molecule has 4 nitrogen and oxygen atoms in total. The van der Waals surface area contributed by atoms with Crippen molar-refractivity contribution < 1.29 is 9.57 Å². The molecule has 5 heteroatoms. The second-order valence-electron chi connectivity index (χ2n) is 7.51. The van der Waals surface area contributed by atoms with E-state index in [-0.39, 0.29) is 0 Å². The number of rotatable bonds is 7. The summed E-state index contributed by atoms with van der Waals surface area (Å²) in [5, 5.41) is 5.08. The number of oxime groups is 1. The molecule has 0 atom stereocenters. The van der Waals surface area contributed by atoms with E-state index in [0.29, 0.717) is 11.6 Å². The molecule has 1 heterocycles. The van der Waals surface area contributed by atoms with Gasteiger partial charge in [-0.3, -0.25) is 0 Å². The van der Waals surface area contributed by atoms with E-state index in [9.17, 15) is 0 Å². The first-order chi connectivity index (χ1) is 15.6. The second kappa shape index (κ2) is 9.75. The summed E-state index contributed by atoms with van der Waals surface area (Å²) in [6.07, 6.45) is 0. The average Bonchev–Trinajstić information content (AvgIpc) is 3.17. The Morgan fingerprint density at radius 1 is 0.938 bits per heavy atom. The van der Waals surface area contributed by atoms with Crippen molar-refractivity contribution in [3.8, 4) is 22.7 Å². The highest BCUT2D eigenvalue weighted by molar-refractivity contribution is 6.30. The van der Waals surface area contributed by atoms with Crippen molar-refractivity contribution in [1.29, 1.82) is 0 Å². The molecule has 0 unspecified atom stereocenters. The van der Waals surface area contributed by atoms with Crippen molar-refractivity contribution in [1.82, 2.24) is 4.57 Å². The van der Waals surface area contributed by atoms with Crippen LogP contribution in [-0.2, 0) is 11.4 Å². The van der Waals surface area contributed by atoms with E-state index >= 15 is 0 Å². The first-order valence-corrected chi connectivity index (χ1v) is 10.8. The number of hydrogen-bond donors (Lipinski definition) is 0. The molecule has 4 aromatic rings.